The van der Waals surface area contributed by atoms with Crippen molar-refractivity contribution in [1.82, 2.24) is 10.6 Å². The quantitative estimate of drug-likeness (QED) is 0.326. The molecule has 0 bridgehead atoms. The van der Waals surface area contributed by atoms with E-state index in [-0.39, 0.29) is 22.4 Å². The smallest absolute Gasteiger partial charge is 0.162 e. The molecule has 0 unspecified atom stereocenters. The third-order valence-electron chi connectivity index (χ3n) is 8.73. The monoisotopic (exact) mass is 618 g/mol. The number of Topliss-reactive ketones (excluding diaryl/α,β-unsaturated/α-hetero) is 2. The van der Waals surface area contributed by atoms with Crippen LogP contribution >= 0.6 is 21.6 Å². The first-order valence-corrected chi connectivity index (χ1v) is 17.0. The highest BCUT2D eigenvalue weighted by Crippen LogP contribution is 2.53. The summed E-state index contributed by atoms with van der Waals surface area (Å²) in [7, 11) is 2.77. The van der Waals surface area contributed by atoms with Gasteiger partial charge in [0.15, 0.2) is 11.6 Å². The molecule has 8 heteroatoms. The fraction of sp³-hybridized carbons (Fsp3) is 0.333. The zero-order valence-corrected chi connectivity index (χ0v) is 26.9. The van der Waals surface area contributed by atoms with Gasteiger partial charge < -0.3 is 10.6 Å². The van der Waals surface area contributed by atoms with Crippen LogP contribution in [0.5, 0.6) is 0 Å². The number of hydrogen-bond donors (Lipinski definition) is 2. The van der Waals surface area contributed by atoms with E-state index in [2.05, 4.69) is 50.5 Å². The molecule has 2 atom stereocenters. The third kappa shape index (κ3) is 5.54. The summed E-state index contributed by atoms with van der Waals surface area (Å²) >= 11 is 0. The molecule has 0 fully saturated rings. The summed E-state index contributed by atoms with van der Waals surface area (Å²) in [5.74, 6) is -0.785. The number of carbonyl (C=O) groups is 2. The Bertz CT molecular complexity index is 1640. The minimum absolute atomic E-state index is 0.0697. The van der Waals surface area contributed by atoms with Crippen molar-refractivity contribution in [1.29, 1.82) is 10.5 Å². The molecule has 2 N–H and O–H groups in total. The Labute approximate surface area is 266 Å². The summed E-state index contributed by atoms with van der Waals surface area (Å²) in [5.41, 5.74) is 5.46. The van der Waals surface area contributed by atoms with Crippen molar-refractivity contribution in [3.05, 3.63) is 116 Å². The summed E-state index contributed by atoms with van der Waals surface area (Å²) in [6, 6.07) is 24.3. The van der Waals surface area contributed by atoms with Gasteiger partial charge in [-0.3, -0.25) is 9.59 Å². The Balaban J connectivity index is 1.41. The summed E-state index contributed by atoms with van der Waals surface area (Å²) < 4.78 is 0. The number of dihydropyridines is 2. The summed E-state index contributed by atoms with van der Waals surface area (Å²) in [6.07, 6.45) is 2.25. The molecule has 44 heavy (non-hydrogen) atoms. The van der Waals surface area contributed by atoms with Crippen LogP contribution in [0.1, 0.15) is 76.3 Å². The number of nitrogens with zero attached hydrogens (tertiary/aromatic N) is 2. The third-order valence-corrected chi connectivity index (χ3v) is 11.0. The lowest BCUT2D eigenvalue weighted by atomic mass is 9.69. The minimum atomic E-state index is -0.462. The predicted molar refractivity (Wildman–Crippen MR) is 175 cm³/mol. The van der Waals surface area contributed by atoms with Crippen molar-refractivity contribution in [3.63, 3.8) is 0 Å². The number of hydrogen-bond acceptors (Lipinski definition) is 8. The van der Waals surface area contributed by atoms with Gasteiger partial charge in [-0.1, -0.05) is 88.4 Å². The first kappa shape index (κ1) is 30.1. The SMILES string of the molecule is CC1(C)CC(=O)C2=C(C1)NC(SSC1=C(C#N)[C@H](c3ccccc3)C3=C(CC(C)(C)CC3=O)N1)=C(C#N)[C@H]2c1ccccc1. The van der Waals surface area contributed by atoms with Crippen molar-refractivity contribution >= 4 is 33.2 Å². The number of allylic oxidation sites excluding steroid dienone is 6. The van der Waals surface area contributed by atoms with E-state index in [0.29, 0.717) is 58.0 Å². The number of carbonyl (C=O) groups excluding carboxylic acids is 2. The van der Waals surface area contributed by atoms with Gasteiger partial charge >= 0.3 is 0 Å². The molecule has 4 aliphatic rings. The molecule has 2 heterocycles. The van der Waals surface area contributed by atoms with E-state index < -0.39 is 11.8 Å². The molecule has 6 nitrogen and oxygen atoms in total. The Morgan fingerprint density at radius 3 is 1.34 bits per heavy atom. The highest BCUT2D eigenvalue weighted by Gasteiger charge is 2.44. The van der Waals surface area contributed by atoms with E-state index in [0.717, 1.165) is 22.5 Å². The molecule has 2 aromatic carbocycles. The van der Waals surface area contributed by atoms with Crippen molar-refractivity contribution in [2.24, 2.45) is 10.8 Å². The Hall–Kier alpha value is -3.98. The van der Waals surface area contributed by atoms with Crippen molar-refractivity contribution in [2.75, 3.05) is 0 Å². The first-order chi connectivity index (χ1) is 21.0. The molecule has 0 amide bonds. The molecule has 0 spiro atoms. The van der Waals surface area contributed by atoms with E-state index in [4.69, 9.17) is 0 Å². The van der Waals surface area contributed by atoms with Crippen molar-refractivity contribution < 1.29 is 9.59 Å². The van der Waals surface area contributed by atoms with Gasteiger partial charge in [0.1, 0.15) is 0 Å². The molecular formula is C36H34N4O2S2. The number of nitriles is 2. The standard InChI is InChI=1S/C36H34N4O2S2/c1-35(2)15-25-31(27(41)17-35)29(21-11-7-5-8-12-21)23(19-37)33(39-25)43-44-34-24(20-38)30(22-13-9-6-10-14-22)32-26(40-34)16-36(3,4)18-28(32)42/h5-14,29-30,39-40H,15-18H2,1-4H3/t29-,30+. The zero-order valence-electron chi connectivity index (χ0n) is 25.3. The molecule has 222 valence electrons. The lowest BCUT2D eigenvalue weighted by molar-refractivity contribution is -0.119. The molecule has 6 rings (SSSR count). The Morgan fingerprint density at radius 1 is 0.636 bits per heavy atom. The van der Waals surface area contributed by atoms with E-state index in [1.54, 1.807) is 0 Å². The zero-order chi connectivity index (χ0) is 31.2. The van der Waals surface area contributed by atoms with Gasteiger partial charge in [-0.15, -0.1) is 0 Å². The average Bonchev–Trinajstić information content (AvgIpc) is 2.98. The fourth-order valence-electron chi connectivity index (χ4n) is 6.93. The lowest BCUT2D eigenvalue weighted by Crippen LogP contribution is -2.37. The molecule has 2 aliphatic carbocycles. The fourth-order valence-corrected chi connectivity index (χ4v) is 9.22. The van der Waals surface area contributed by atoms with Gasteiger partial charge in [-0.05, 0) is 56.4 Å². The Morgan fingerprint density at radius 2 is 1.00 bits per heavy atom. The summed E-state index contributed by atoms with van der Waals surface area (Å²) in [6.45, 7) is 8.38. The van der Waals surface area contributed by atoms with Crippen LogP contribution in [0.2, 0.25) is 0 Å². The van der Waals surface area contributed by atoms with Crippen LogP contribution in [-0.2, 0) is 9.59 Å². The molecular weight excluding hydrogens is 585 g/mol. The first-order valence-electron chi connectivity index (χ1n) is 14.8. The molecule has 2 aromatic rings. The minimum Gasteiger partial charge on any atom is -0.352 e. The lowest BCUT2D eigenvalue weighted by Gasteiger charge is -2.40. The molecule has 0 radical (unpaired) electrons. The van der Waals surface area contributed by atoms with Gasteiger partial charge in [0.05, 0.1) is 45.2 Å². The second kappa shape index (κ2) is 11.5. The van der Waals surface area contributed by atoms with Crippen LogP contribution in [-0.4, -0.2) is 11.6 Å². The predicted octanol–water partition coefficient (Wildman–Crippen LogP) is 7.90. The Kier molecular flexibility index (Phi) is 7.86. The van der Waals surface area contributed by atoms with E-state index >= 15 is 0 Å². The molecule has 0 aromatic heterocycles. The van der Waals surface area contributed by atoms with Gasteiger partial charge in [0.25, 0.3) is 0 Å². The summed E-state index contributed by atoms with van der Waals surface area (Å²) in [4.78, 5) is 27.1. The van der Waals surface area contributed by atoms with E-state index in [9.17, 15) is 20.1 Å². The number of benzene rings is 2. The summed E-state index contributed by atoms with van der Waals surface area (Å²) in [5, 5.41) is 29.3. The van der Waals surface area contributed by atoms with Crippen LogP contribution in [0, 0.1) is 33.5 Å². The number of rotatable bonds is 5. The maximum Gasteiger partial charge on any atom is 0.162 e. The second-order valence-corrected chi connectivity index (χ2v) is 15.6. The largest absolute Gasteiger partial charge is 0.352 e. The van der Waals surface area contributed by atoms with E-state index in [1.807, 2.05) is 60.7 Å². The molecule has 0 saturated carbocycles. The van der Waals surface area contributed by atoms with Crippen LogP contribution in [0.4, 0.5) is 0 Å². The van der Waals surface area contributed by atoms with Crippen molar-refractivity contribution in [3.8, 4) is 12.1 Å². The van der Waals surface area contributed by atoms with Crippen LogP contribution in [0.15, 0.2) is 104 Å². The van der Waals surface area contributed by atoms with Gasteiger partial charge in [-0.25, -0.2) is 0 Å². The van der Waals surface area contributed by atoms with Gasteiger partial charge in [0.2, 0.25) is 0 Å². The van der Waals surface area contributed by atoms with Crippen LogP contribution in [0.25, 0.3) is 0 Å². The maximum atomic E-state index is 13.5. The normalized spacial score (nSPS) is 24.1. The second-order valence-electron chi connectivity index (χ2n) is 13.5. The average molecular weight is 619 g/mol. The van der Waals surface area contributed by atoms with E-state index in [1.165, 1.54) is 21.6 Å². The number of nitrogens with one attached hydrogen (secondary N) is 2. The van der Waals surface area contributed by atoms with Crippen LogP contribution in [0.3, 0.4) is 0 Å². The highest BCUT2D eigenvalue weighted by molar-refractivity contribution is 8.79. The molecule has 2 aliphatic heterocycles. The topological polar surface area (TPSA) is 106 Å². The molecule has 0 saturated heterocycles. The van der Waals surface area contributed by atoms with Gasteiger partial charge in [0, 0.05) is 35.4 Å². The maximum absolute atomic E-state index is 13.5. The number of ketones is 2. The highest BCUT2D eigenvalue weighted by atomic mass is 33.1. The van der Waals surface area contributed by atoms with Gasteiger partial charge in [-0.2, -0.15) is 10.5 Å². The van der Waals surface area contributed by atoms with Crippen molar-refractivity contribution in [2.45, 2.75) is 65.2 Å². The van der Waals surface area contributed by atoms with Crippen LogP contribution < -0.4 is 10.6 Å².